The molecule has 0 fully saturated rings. The van der Waals surface area contributed by atoms with E-state index in [1.54, 1.807) is 6.07 Å². The maximum atomic E-state index is 13.1. The highest BCUT2D eigenvalue weighted by Gasteiger charge is 2.15. The molecule has 15 heavy (non-hydrogen) atoms. The molecule has 0 spiro atoms. The van der Waals surface area contributed by atoms with Crippen LogP contribution in [0.15, 0.2) is 22.7 Å². The number of nitrogens with zero attached hydrogens (tertiary/aromatic N) is 1. The fraction of sp³-hybridized carbons (Fsp3) is 0.333. The Morgan fingerprint density at radius 3 is 2.60 bits per heavy atom. The molecule has 3 heteroatoms. The minimum absolute atomic E-state index is 0.191. The van der Waals surface area contributed by atoms with Crippen LogP contribution in [0.5, 0.6) is 0 Å². The fourth-order valence-electron chi connectivity index (χ4n) is 2.03. The highest BCUT2D eigenvalue weighted by atomic mass is 79.9. The van der Waals surface area contributed by atoms with Gasteiger partial charge in [-0.3, -0.25) is 0 Å². The van der Waals surface area contributed by atoms with Crippen LogP contribution < -0.4 is 0 Å². The average Bonchev–Trinajstić information content (AvgIpc) is 2.39. The quantitative estimate of drug-likeness (QED) is 0.731. The van der Waals surface area contributed by atoms with Gasteiger partial charge in [-0.25, -0.2) is 4.39 Å². The molecule has 0 saturated carbocycles. The topological polar surface area (TPSA) is 4.93 Å². The zero-order valence-corrected chi connectivity index (χ0v) is 10.6. The van der Waals surface area contributed by atoms with Gasteiger partial charge < -0.3 is 4.57 Å². The van der Waals surface area contributed by atoms with Crippen LogP contribution in [-0.2, 0) is 7.05 Å². The van der Waals surface area contributed by atoms with Crippen molar-refractivity contribution in [1.82, 2.24) is 4.57 Å². The lowest BCUT2D eigenvalue weighted by Crippen LogP contribution is -1.98. The number of fused-ring (bicyclic) bond motifs is 1. The zero-order chi connectivity index (χ0) is 11.2. The molecule has 0 amide bonds. The number of rotatable bonds is 1. The molecule has 1 nitrogen and oxygen atoms in total. The van der Waals surface area contributed by atoms with Crippen LogP contribution in [0.4, 0.5) is 4.39 Å². The number of aromatic nitrogens is 1. The Morgan fingerprint density at radius 2 is 2.00 bits per heavy atom. The Balaban J connectivity index is 2.85. The van der Waals surface area contributed by atoms with E-state index in [9.17, 15) is 4.39 Å². The van der Waals surface area contributed by atoms with Gasteiger partial charge in [0.05, 0.1) is 0 Å². The van der Waals surface area contributed by atoms with E-state index in [4.69, 9.17) is 0 Å². The maximum Gasteiger partial charge on any atom is 0.123 e. The van der Waals surface area contributed by atoms with E-state index in [-0.39, 0.29) is 5.82 Å². The SMILES string of the molecule is CC(C)c1c(Br)c2cc(F)ccc2n1C. The number of hydrogen-bond acceptors (Lipinski definition) is 0. The third-order valence-corrected chi connectivity index (χ3v) is 3.52. The Labute approximate surface area is 97.0 Å². The van der Waals surface area contributed by atoms with Crippen molar-refractivity contribution in [1.29, 1.82) is 0 Å². The average molecular weight is 270 g/mol. The summed E-state index contributed by atoms with van der Waals surface area (Å²) >= 11 is 3.55. The second-order valence-corrected chi connectivity index (χ2v) is 4.87. The van der Waals surface area contributed by atoms with E-state index in [0.29, 0.717) is 5.92 Å². The molecule has 0 bridgehead atoms. The summed E-state index contributed by atoms with van der Waals surface area (Å²) < 4.78 is 16.3. The summed E-state index contributed by atoms with van der Waals surface area (Å²) in [5.41, 5.74) is 2.27. The van der Waals surface area contributed by atoms with Gasteiger partial charge in [-0.2, -0.15) is 0 Å². The van der Waals surface area contributed by atoms with Gasteiger partial charge in [-0.15, -0.1) is 0 Å². The van der Waals surface area contributed by atoms with Crippen molar-refractivity contribution in [3.05, 3.63) is 34.2 Å². The van der Waals surface area contributed by atoms with Crippen LogP contribution in [0.1, 0.15) is 25.5 Å². The Morgan fingerprint density at radius 1 is 1.33 bits per heavy atom. The van der Waals surface area contributed by atoms with Crippen molar-refractivity contribution in [2.24, 2.45) is 7.05 Å². The van der Waals surface area contributed by atoms with Crippen molar-refractivity contribution in [2.75, 3.05) is 0 Å². The molecular weight excluding hydrogens is 257 g/mol. The summed E-state index contributed by atoms with van der Waals surface area (Å²) in [5, 5.41) is 0.946. The Kier molecular flexibility index (Phi) is 2.59. The summed E-state index contributed by atoms with van der Waals surface area (Å²) in [6.45, 7) is 4.27. The fourth-order valence-corrected chi connectivity index (χ4v) is 3.07. The first kappa shape index (κ1) is 10.7. The molecule has 2 aromatic rings. The van der Waals surface area contributed by atoms with E-state index in [2.05, 4.69) is 34.3 Å². The Bertz CT molecular complexity index is 514. The van der Waals surface area contributed by atoms with Gasteiger partial charge in [0.1, 0.15) is 5.82 Å². The zero-order valence-electron chi connectivity index (χ0n) is 9.01. The molecule has 1 aromatic carbocycles. The lowest BCUT2D eigenvalue weighted by molar-refractivity contribution is 0.629. The molecule has 0 aliphatic carbocycles. The number of aryl methyl sites for hydroxylation is 1. The molecule has 0 unspecified atom stereocenters. The molecule has 0 saturated heterocycles. The third kappa shape index (κ3) is 1.59. The van der Waals surface area contributed by atoms with Crippen LogP contribution in [-0.4, -0.2) is 4.57 Å². The lowest BCUT2D eigenvalue weighted by Gasteiger charge is -2.07. The first-order valence-electron chi connectivity index (χ1n) is 4.95. The number of benzene rings is 1. The Hall–Kier alpha value is -0.830. The number of hydrogen-bond donors (Lipinski definition) is 0. The summed E-state index contributed by atoms with van der Waals surface area (Å²) in [4.78, 5) is 0. The van der Waals surface area contributed by atoms with Crippen LogP contribution in [0.25, 0.3) is 10.9 Å². The normalized spacial score (nSPS) is 11.6. The van der Waals surface area contributed by atoms with E-state index in [0.717, 1.165) is 15.4 Å². The molecule has 80 valence electrons. The molecule has 0 radical (unpaired) electrons. The van der Waals surface area contributed by atoms with Gasteiger partial charge in [-0.1, -0.05) is 13.8 Å². The first-order chi connectivity index (χ1) is 7.02. The van der Waals surface area contributed by atoms with Crippen molar-refractivity contribution in [3.63, 3.8) is 0 Å². The van der Waals surface area contributed by atoms with Crippen molar-refractivity contribution < 1.29 is 4.39 Å². The van der Waals surface area contributed by atoms with Crippen molar-refractivity contribution >= 4 is 26.8 Å². The van der Waals surface area contributed by atoms with Crippen LogP contribution >= 0.6 is 15.9 Å². The predicted molar refractivity (Wildman–Crippen MR) is 64.7 cm³/mol. The van der Waals surface area contributed by atoms with Crippen LogP contribution in [0.2, 0.25) is 0 Å². The molecule has 0 atom stereocenters. The minimum atomic E-state index is -0.191. The summed E-state index contributed by atoms with van der Waals surface area (Å²) in [7, 11) is 2.01. The largest absolute Gasteiger partial charge is 0.346 e. The smallest absolute Gasteiger partial charge is 0.123 e. The highest BCUT2D eigenvalue weighted by Crippen LogP contribution is 2.34. The lowest BCUT2D eigenvalue weighted by atomic mass is 10.1. The van der Waals surface area contributed by atoms with Crippen molar-refractivity contribution in [2.45, 2.75) is 19.8 Å². The summed E-state index contributed by atoms with van der Waals surface area (Å²) in [5.74, 6) is 0.226. The molecule has 2 rings (SSSR count). The highest BCUT2D eigenvalue weighted by molar-refractivity contribution is 9.10. The second-order valence-electron chi connectivity index (χ2n) is 4.07. The van der Waals surface area contributed by atoms with Gasteiger partial charge in [0, 0.05) is 28.1 Å². The van der Waals surface area contributed by atoms with Crippen LogP contribution in [0, 0.1) is 5.82 Å². The van der Waals surface area contributed by atoms with Gasteiger partial charge in [0.15, 0.2) is 0 Å². The molecular formula is C12H13BrFN. The minimum Gasteiger partial charge on any atom is -0.346 e. The van der Waals surface area contributed by atoms with Gasteiger partial charge in [0.2, 0.25) is 0 Å². The number of halogens is 2. The second kappa shape index (κ2) is 3.63. The maximum absolute atomic E-state index is 13.1. The predicted octanol–water partition coefficient (Wildman–Crippen LogP) is 4.20. The molecule has 0 aliphatic heterocycles. The van der Waals surface area contributed by atoms with E-state index >= 15 is 0 Å². The first-order valence-corrected chi connectivity index (χ1v) is 5.75. The van der Waals surface area contributed by atoms with E-state index in [1.807, 2.05) is 13.1 Å². The molecule has 0 aliphatic rings. The monoisotopic (exact) mass is 269 g/mol. The van der Waals surface area contributed by atoms with Gasteiger partial charge in [0.25, 0.3) is 0 Å². The van der Waals surface area contributed by atoms with E-state index < -0.39 is 0 Å². The summed E-state index contributed by atoms with van der Waals surface area (Å²) in [6, 6.07) is 4.89. The molecule has 1 aromatic heterocycles. The standard InChI is InChI=1S/C12H13BrFN/c1-7(2)12-11(13)9-6-8(14)4-5-10(9)15(12)3/h4-7H,1-3H3. The van der Waals surface area contributed by atoms with E-state index in [1.165, 1.54) is 11.8 Å². The van der Waals surface area contributed by atoms with Gasteiger partial charge in [-0.05, 0) is 40.0 Å². The summed E-state index contributed by atoms with van der Waals surface area (Å²) in [6.07, 6.45) is 0. The molecule has 1 heterocycles. The van der Waals surface area contributed by atoms with Crippen molar-refractivity contribution in [3.8, 4) is 0 Å². The third-order valence-electron chi connectivity index (χ3n) is 2.69. The van der Waals surface area contributed by atoms with Gasteiger partial charge >= 0.3 is 0 Å². The van der Waals surface area contributed by atoms with Crippen LogP contribution in [0.3, 0.4) is 0 Å². The molecule has 0 N–H and O–H groups in total.